The summed E-state index contributed by atoms with van der Waals surface area (Å²) in [6.45, 7) is 3.77. The molecule has 1 N–H and O–H groups in total. The van der Waals surface area contributed by atoms with Crippen LogP contribution in [0.15, 0.2) is 35.4 Å². The van der Waals surface area contributed by atoms with Gasteiger partial charge in [0.05, 0.1) is 11.9 Å². The summed E-state index contributed by atoms with van der Waals surface area (Å²) >= 11 is 1.07. The van der Waals surface area contributed by atoms with Gasteiger partial charge in [-0.15, -0.1) is 0 Å². The van der Waals surface area contributed by atoms with E-state index in [2.05, 4.69) is 21.5 Å². The molecule has 9 heteroatoms. The number of fused-ring (bicyclic) bond motifs is 1. The molecule has 3 rings (SSSR count). The molecule has 8 nitrogen and oxygen atoms in total. The molecule has 0 spiro atoms. The SMILES string of the molecule is Cc1nc2c(C#N)cnn2c(C)c1CCC(=O)Nc1ccccc1SC(=O)N(C)C. The van der Waals surface area contributed by atoms with Gasteiger partial charge in [0, 0.05) is 36.8 Å². The average Bonchev–Trinajstić information content (AvgIpc) is 3.12. The van der Waals surface area contributed by atoms with E-state index in [1.807, 2.05) is 26.0 Å². The number of nitrogens with zero attached hydrogens (tertiary/aromatic N) is 5. The molecule has 0 bridgehead atoms. The smallest absolute Gasteiger partial charge is 0.286 e. The van der Waals surface area contributed by atoms with Gasteiger partial charge in [-0.25, -0.2) is 9.50 Å². The van der Waals surface area contributed by atoms with Gasteiger partial charge in [0.25, 0.3) is 5.24 Å². The molecule has 0 aliphatic rings. The number of amides is 2. The van der Waals surface area contributed by atoms with Crippen LogP contribution in [-0.2, 0) is 11.2 Å². The van der Waals surface area contributed by atoms with Gasteiger partial charge < -0.3 is 10.2 Å². The van der Waals surface area contributed by atoms with Gasteiger partial charge in [-0.2, -0.15) is 10.4 Å². The van der Waals surface area contributed by atoms with Crippen LogP contribution in [0.3, 0.4) is 0 Å². The van der Waals surface area contributed by atoms with Crippen LogP contribution in [0.5, 0.6) is 0 Å². The second-order valence-corrected chi connectivity index (χ2v) is 7.97. The molecule has 0 unspecified atom stereocenters. The number of benzene rings is 1. The quantitative estimate of drug-likeness (QED) is 0.631. The molecular formula is C21H22N6O2S. The average molecular weight is 423 g/mol. The van der Waals surface area contributed by atoms with E-state index in [0.717, 1.165) is 28.7 Å². The standard InChI is InChI=1S/C21H22N6O2S/c1-13-16(14(2)27-20(24-13)15(11-22)12-23-27)9-10-19(28)25-17-7-5-6-8-18(17)30-21(29)26(3)4/h5-8,12H,9-10H2,1-4H3,(H,25,28). The molecular weight excluding hydrogens is 400 g/mol. The highest BCUT2D eigenvalue weighted by Gasteiger charge is 2.16. The summed E-state index contributed by atoms with van der Waals surface area (Å²) in [7, 11) is 3.37. The first-order valence-corrected chi connectivity index (χ1v) is 10.2. The third kappa shape index (κ3) is 4.44. The maximum Gasteiger partial charge on any atom is 0.286 e. The van der Waals surface area contributed by atoms with E-state index in [0.29, 0.717) is 28.2 Å². The van der Waals surface area contributed by atoms with Crippen LogP contribution in [0.1, 0.15) is 28.9 Å². The van der Waals surface area contributed by atoms with Crippen LogP contribution in [0, 0.1) is 25.2 Å². The summed E-state index contributed by atoms with van der Waals surface area (Å²) in [5.74, 6) is -0.155. The first-order valence-electron chi connectivity index (χ1n) is 9.33. The van der Waals surface area contributed by atoms with Crippen LogP contribution in [0.25, 0.3) is 5.65 Å². The number of para-hydroxylation sites is 1. The number of hydrogen-bond donors (Lipinski definition) is 1. The van der Waals surface area contributed by atoms with Gasteiger partial charge >= 0.3 is 0 Å². The number of carbonyl (C=O) groups is 2. The summed E-state index contributed by atoms with van der Waals surface area (Å²) in [5, 5.41) is 16.2. The fourth-order valence-corrected chi connectivity index (χ4v) is 3.79. The molecule has 0 radical (unpaired) electrons. The van der Waals surface area contributed by atoms with Gasteiger partial charge in [-0.05, 0) is 49.7 Å². The third-order valence-electron chi connectivity index (χ3n) is 4.65. The summed E-state index contributed by atoms with van der Waals surface area (Å²) in [4.78, 5) is 31.3. The molecule has 0 saturated heterocycles. The lowest BCUT2D eigenvalue weighted by molar-refractivity contribution is -0.116. The van der Waals surface area contributed by atoms with Gasteiger partial charge in [0.15, 0.2) is 5.65 Å². The number of nitriles is 1. The molecule has 0 fully saturated rings. The Hall–Kier alpha value is -3.38. The van der Waals surface area contributed by atoms with Crippen LogP contribution >= 0.6 is 11.8 Å². The number of nitrogens with one attached hydrogen (secondary N) is 1. The van der Waals surface area contributed by atoms with Gasteiger partial charge in [-0.1, -0.05) is 12.1 Å². The van der Waals surface area contributed by atoms with Crippen molar-refractivity contribution in [2.24, 2.45) is 0 Å². The largest absolute Gasteiger partial charge is 0.339 e. The lowest BCUT2D eigenvalue weighted by Gasteiger charge is -2.14. The van der Waals surface area contributed by atoms with E-state index in [-0.39, 0.29) is 17.6 Å². The van der Waals surface area contributed by atoms with Crippen molar-refractivity contribution < 1.29 is 9.59 Å². The number of thioether (sulfide) groups is 1. The molecule has 0 aliphatic carbocycles. The Morgan fingerprint density at radius 1 is 1.27 bits per heavy atom. The van der Waals surface area contributed by atoms with E-state index in [9.17, 15) is 14.9 Å². The van der Waals surface area contributed by atoms with E-state index in [4.69, 9.17) is 0 Å². The predicted octanol–water partition coefficient (Wildman–Crippen LogP) is 3.56. The highest BCUT2D eigenvalue weighted by molar-refractivity contribution is 8.13. The summed E-state index contributed by atoms with van der Waals surface area (Å²) in [5.41, 5.74) is 4.12. The molecule has 3 aromatic rings. The molecule has 1 aromatic carbocycles. The van der Waals surface area contributed by atoms with Crippen LogP contribution < -0.4 is 5.32 Å². The fourth-order valence-electron chi connectivity index (χ4n) is 3.05. The van der Waals surface area contributed by atoms with Crippen LogP contribution in [0.4, 0.5) is 10.5 Å². The van der Waals surface area contributed by atoms with Crippen molar-refractivity contribution in [1.82, 2.24) is 19.5 Å². The second kappa shape index (κ2) is 8.97. The van der Waals surface area contributed by atoms with Crippen molar-refractivity contribution in [3.05, 3.63) is 53.0 Å². The Kier molecular flexibility index (Phi) is 6.37. The molecule has 0 aliphatic heterocycles. The number of hydrogen-bond acceptors (Lipinski definition) is 6. The van der Waals surface area contributed by atoms with Crippen molar-refractivity contribution in [3.8, 4) is 6.07 Å². The maximum atomic E-state index is 12.6. The third-order valence-corrected chi connectivity index (χ3v) is 5.77. The zero-order valence-electron chi connectivity index (χ0n) is 17.3. The Morgan fingerprint density at radius 2 is 2.00 bits per heavy atom. The van der Waals surface area contributed by atoms with Crippen molar-refractivity contribution in [3.63, 3.8) is 0 Å². The van der Waals surface area contributed by atoms with Gasteiger partial charge in [0.2, 0.25) is 5.91 Å². The summed E-state index contributed by atoms with van der Waals surface area (Å²) in [6.07, 6.45) is 2.23. The van der Waals surface area contributed by atoms with E-state index in [1.54, 1.807) is 30.7 Å². The monoisotopic (exact) mass is 422 g/mol. The predicted molar refractivity (Wildman–Crippen MR) is 116 cm³/mol. The highest BCUT2D eigenvalue weighted by Crippen LogP contribution is 2.29. The van der Waals surface area contributed by atoms with Crippen molar-refractivity contribution in [2.45, 2.75) is 31.6 Å². The number of aromatic nitrogens is 3. The Morgan fingerprint density at radius 3 is 2.70 bits per heavy atom. The zero-order valence-corrected chi connectivity index (χ0v) is 18.1. The first kappa shape index (κ1) is 21.3. The highest BCUT2D eigenvalue weighted by atomic mass is 32.2. The fraction of sp³-hybridized carbons (Fsp3) is 0.286. The minimum Gasteiger partial charge on any atom is -0.339 e. The number of rotatable bonds is 5. The minimum atomic E-state index is -0.155. The number of anilines is 1. The molecule has 2 heterocycles. The molecule has 154 valence electrons. The molecule has 0 atom stereocenters. The minimum absolute atomic E-state index is 0.113. The summed E-state index contributed by atoms with van der Waals surface area (Å²) in [6, 6.07) is 9.31. The lowest BCUT2D eigenvalue weighted by atomic mass is 10.1. The summed E-state index contributed by atoms with van der Waals surface area (Å²) < 4.78 is 1.64. The molecule has 2 aromatic heterocycles. The molecule has 2 amide bonds. The normalized spacial score (nSPS) is 10.6. The first-order chi connectivity index (χ1) is 14.3. The topological polar surface area (TPSA) is 103 Å². The van der Waals surface area contributed by atoms with Crippen molar-refractivity contribution in [2.75, 3.05) is 19.4 Å². The Balaban J connectivity index is 1.73. The molecule has 0 saturated carbocycles. The van der Waals surface area contributed by atoms with Gasteiger partial charge in [0.1, 0.15) is 11.6 Å². The lowest BCUT2D eigenvalue weighted by Crippen LogP contribution is -2.17. The van der Waals surface area contributed by atoms with Crippen molar-refractivity contribution in [1.29, 1.82) is 5.26 Å². The zero-order chi connectivity index (χ0) is 21.8. The second-order valence-electron chi connectivity index (χ2n) is 6.97. The number of carbonyl (C=O) groups excluding carboxylic acids is 2. The van der Waals surface area contributed by atoms with E-state index < -0.39 is 0 Å². The van der Waals surface area contributed by atoms with Crippen LogP contribution in [-0.4, -0.2) is 44.7 Å². The molecule has 30 heavy (non-hydrogen) atoms. The van der Waals surface area contributed by atoms with E-state index in [1.165, 1.54) is 11.1 Å². The van der Waals surface area contributed by atoms with Crippen LogP contribution in [0.2, 0.25) is 0 Å². The maximum absolute atomic E-state index is 12.6. The van der Waals surface area contributed by atoms with Gasteiger partial charge in [-0.3, -0.25) is 9.59 Å². The van der Waals surface area contributed by atoms with Crippen molar-refractivity contribution >= 4 is 34.2 Å². The Labute approximate surface area is 178 Å². The number of aryl methyl sites for hydroxylation is 2. The van der Waals surface area contributed by atoms with E-state index >= 15 is 0 Å². The Bertz CT molecular complexity index is 1160.